The van der Waals surface area contributed by atoms with Gasteiger partial charge in [-0.2, -0.15) is 18.3 Å². The lowest BCUT2D eigenvalue weighted by Gasteiger charge is -2.30. The number of carbonyl (C=O) groups excluding carboxylic acids is 2. The van der Waals surface area contributed by atoms with Gasteiger partial charge in [-0.25, -0.2) is 14.8 Å². The smallest absolute Gasteiger partial charge is 0.435 e. The standard InChI is InChI=1S/C22H27BrF3N7O3/c1-20(2,3)36-19(35)29-14(9-13-11-28-18-27-7-6-8-32(13)18)17(34)30-21(4,5)12-33-16(23)10-15(31-33)22(24,25)26/h6-8,10-11,14H,9,12H2,1-5H3,(H,29,35)(H,30,34)/t14-/m1/s1. The summed E-state index contributed by atoms with van der Waals surface area (Å²) in [5.41, 5.74) is -2.28. The van der Waals surface area contributed by atoms with Crippen LogP contribution in [0, 0.1) is 0 Å². The Morgan fingerprint density at radius 3 is 2.47 bits per heavy atom. The Hall–Kier alpha value is -3.16. The molecule has 3 rings (SSSR count). The van der Waals surface area contributed by atoms with Gasteiger partial charge < -0.3 is 15.4 Å². The highest BCUT2D eigenvalue weighted by atomic mass is 79.9. The molecular formula is C22H27BrF3N7O3. The molecule has 3 aromatic rings. The van der Waals surface area contributed by atoms with Gasteiger partial charge in [0.1, 0.15) is 16.2 Å². The van der Waals surface area contributed by atoms with Crippen LogP contribution in [0.15, 0.2) is 35.3 Å². The van der Waals surface area contributed by atoms with Gasteiger partial charge in [0, 0.05) is 30.6 Å². The van der Waals surface area contributed by atoms with Crippen molar-refractivity contribution in [3.05, 3.63) is 46.7 Å². The molecule has 0 radical (unpaired) electrons. The highest BCUT2D eigenvalue weighted by Gasteiger charge is 2.36. The van der Waals surface area contributed by atoms with Crippen LogP contribution in [0.4, 0.5) is 18.0 Å². The van der Waals surface area contributed by atoms with E-state index >= 15 is 0 Å². The molecule has 2 amide bonds. The minimum atomic E-state index is -4.60. The maximum atomic E-state index is 13.3. The summed E-state index contributed by atoms with van der Waals surface area (Å²) in [5.74, 6) is -0.141. The maximum absolute atomic E-state index is 13.3. The van der Waals surface area contributed by atoms with Crippen molar-refractivity contribution in [2.75, 3.05) is 0 Å². The molecule has 0 saturated heterocycles. The summed E-state index contributed by atoms with van der Waals surface area (Å²) in [6.45, 7) is 8.27. The van der Waals surface area contributed by atoms with Gasteiger partial charge >= 0.3 is 12.3 Å². The second kappa shape index (κ2) is 10.1. The van der Waals surface area contributed by atoms with E-state index in [1.165, 1.54) is 0 Å². The number of hydrogen-bond acceptors (Lipinski definition) is 6. The Labute approximate surface area is 213 Å². The first kappa shape index (κ1) is 27.4. The van der Waals surface area contributed by atoms with Gasteiger partial charge in [0.15, 0.2) is 5.69 Å². The van der Waals surface area contributed by atoms with Crippen molar-refractivity contribution in [1.29, 1.82) is 0 Å². The molecule has 10 nitrogen and oxygen atoms in total. The summed E-state index contributed by atoms with van der Waals surface area (Å²) >= 11 is 3.08. The quantitative estimate of drug-likeness (QED) is 0.445. The molecule has 0 fully saturated rings. The Morgan fingerprint density at radius 2 is 1.86 bits per heavy atom. The van der Waals surface area contributed by atoms with Crippen molar-refractivity contribution in [2.24, 2.45) is 0 Å². The minimum Gasteiger partial charge on any atom is -0.444 e. The first-order valence-electron chi connectivity index (χ1n) is 10.9. The van der Waals surface area contributed by atoms with E-state index in [1.807, 2.05) is 0 Å². The van der Waals surface area contributed by atoms with Crippen molar-refractivity contribution in [3.63, 3.8) is 0 Å². The lowest BCUT2D eigenvalue weighted by molar-refractivity contribution is -0.141. The van der Waals surface area contributed by atoms with Gasteiger partial charge in [0.2, 0.25) is 11.7 Å². The van der Waals surface area contributed by atoms with Gasteiger partial charge in [0.05, 0.1) is 18.3 Å². The SMILES string of the molecule is CC(C)(Cn1nc(C(F)(F)F)cc1Br)NC(=O)[C@@H](Cc1cnc2ncccn12)NC(=O)OC(C)(C)C. The van der Waals surface area contributed by atoms with Crippen molar-refractivity contribution < 1.29 is 27.5 Å². The van der Waals surface area contributed by atoms with E-state index in [1.54, 1.807) is 63.7 Å². The van der Waals surface area contributed by atoms with Crippen LogP contribution in [-0.2, 0) is 28.7 Å². The first-order valence-corrected chi connectivity index (χ1v) is 11.7. The molecule has 2 N–H and O–H groups in total. The minimum absolute atomic E-state index is 0.0533. The van der Waals surface area contributed by atoms with Crippen LogP contribution in [0.3, 0.4) is 0 Å². The molecule has 3 aromatic heterocycles. The molecule has 0 unspecified atom stereocenters. The summed E-state index contributed by atoms with van der Waals surface area (Å²) in [6, 6.07) is 1.49. The number of halogens is 4. The Morgan fingerprint density at radius 1 is 1.17 bits per heavy atom. The molecule has 0 aliphatic heterocycles. The van der Waals surface area contributed by atoms with Crippen molar-refractivity contribution in [2.45, 2.75) is 70.9 Å². The second-order valence-electron chi connectivity index (χ2n) is 9.82. The van der Waals surface area contributed by atoms with Crippen LogP contribution in [-0.4, -0.2) is 53.3 Å². The van der Waals surface area contributed by atoms with Gasteiger partial charge in [-0.05, 0) is 56.6 Å². The third-order valence-electron chi connectivity index (χ3n) is 4.81. The largest absolute Gasteiger partial charge is 0.444 e. The summed E-state index contributed by atoms with van der Waals surface area (Å²) in [5, 5.41) is 8.96. The highest BCUT2D eigenvalue weighted by Crippen LogP contribution is 2.30. The number of aromatic nitrogens is 5. The monoisotopic (exact) mass is 573 g/mol. The van der Waals surface area contributed by atoms with E-state index in [9.17, 15) is 22.8 Å². The third kappa shape index (κ3) is 7.18. The average Bonchev–Trinajstić information content (AvgIpc) is 3.29. The second-order valence-corrected chi connectivity index (χ2v) is 10.6. The zero-order chi connectivity index (χ0) is 26.9. The average molecular weight is 574 g/mol. The van der Waals surface area contributed by atoms with Crippen LogP contribution < -0.4 is 10.6 Å². The number of nitrogens with zero attached hydrogens (tertiary/aromatic N) is 5. The number of rotatable bonds is 7. The molecule has 0 saturated carbocycles. The Bertz CT molecular complexity index is 1250. The van der Waals surface area contributed by atoms with E-state index in [0.29, 0.717) is 11.5 Å². The van der Waals surface area contributed by atoms with Gasteiger partial charge in [0.25, 0.3) is 0 Å². The van der Waals surface area contributed by atoms with Gasteiger partial charge in [-0.3, -0.25) is 13.9 Å². The molecule has 14 heteroatoms. The number of imidazole rings is 1. The number of carbonyl (C=O) groups is 2. The first-order chi connectivity index (χ1) is 16.5. The predicted octanol–water partition coefficient (Wildman–Crippen LogP) is 3.74. The molecule has 0 aromatic carbocycles. The van der Waals surface area contributed by atoms with Crippen molar-refractivity contribution in [1.82, 2.24) is 34.8 Å². The van der Waals surface area contributed by atoms with Crippen LogP contribution in [0.25, 0.3) is 5.78 Å². The molecule has 0 bridgehead atoms. The molecular weight excluding hydrogens is 547 g/mol. The van der Waals surface area contributed by atoms with E-state index < -0.39 is 41.1 Å². The van der Waals surface area contributed by atoms with E-state index in [2.05, 4.69) is 41.6 Å². The summed E-state index contributed by atoms with van der Waals surface area (Å²) in [6.07, 6.45) is -0.495. The van der Waals surface area contributed by atoms with E-state index in [4.69, 9.17) is 4.74 Å². The fraction of sp³-hybridized carbons (Fsp3) is 0.500. The lowest BCUT2D eigenvalue weighted by atomic mass is 10.0. The fourth-order valence-electron chi connectivity index (χ4n) is 3.37. The molecule has 0 aliphatic rings. The lowest BCUT2D eigenvalue weighted by Crippen LogP contribution is -2.56. The normalized spacial score (nSPS) is 13.5. The van der Waals surface area contributed by atoms with Crippen LogP contribution in [0.2, 0.25) is 0 Å². The zero-order valence-corrected chi connectivity index (χ0v) is 21.9. The molecule has 36 heavy (non-hydrogen) atoms. The van der Waals surface area contributed by atoms with Crippen LogP contribution in [0.5, 0.6) is 0 Å². The summed E-state index contributed by atoms with van der Waals surface area (Å²) in [4.78, 5) is 34.1. The van der Waals surface area contributed by atoms with Crippen LogP contribution >= 0.6 is 15.9 Å². The zero-order valence-electron chi connectivity index (χ0n) is 20.4. The Balaban J connectivity index is 1.80. The molecule has 196 valence electrons. The predicted molar refractivity (Wildman–Crippen MR) is 127 cm³/mol. The fourth-order valence-corrected chi connectivity index (χ4v) is 3.80. The number of alkyl carbamates (subject to hydrolysis) is 1. The molecule has 3 heterocycles. The van der Waals surface area contributed by atoms with Crippen LogP contribution in [0.1, 0.15) is 46.0 Å². The number of fused-ring (bicyclic) bond motifs is 1. The highest BCUT2D eigenvalue weighted by molar-refractivity contribution is 9.10. The van der Waals surface area contributed by atoms with Gasteiger partial charge in [-0.1, -0.05) is 0 Å². The number of nitrogens with one attached hydrogen (secondary N) is 2. The molecule has 1 atom stereocenters. The van der Waals surface area contributed by atoms with Gasteiger partial charge in [-0.15, -0.1) is 0 Å². The molecule has 0 aliphatic carbocycles. The number of alkyl halides is 3. The van der Waals surface area contributed by atoms with Crippen molar-refractivity contribution >= 4 is 33.7 Å². The summed E-state index contributed by atoms with van der Waals surface area (Å²) < 4.78 is 47.3. The maximum Gasteiger partial charge on any atom is 0.435 e. The summed E-state index contributed by atoms with van der Waals surface area (Å²) in [7, 11) is 0. The van der Waals surface area contributed by atoms with E-state index in [0.717, 1.165) is 10.7 Å². The van der Waals surface area contributed by atoms with Crippen molar-refractivity contribution in [3.8, 4) is 0 Å². The number of hydrogen-bond donors (Lipinski definition) is 2. The number of amides is 2. The molecule has 0 spiro atoms. The topological polar surface area (TPSA) is 115 Å². The Kier molecular flexibility index (Phi) is 7.67. The third-order valence-corrected chi connectivity index (χ3v) is 5.45. The number of ether oxygens (including phenoxy) is 1. The van der Waals surface area contributed by atoms with E-state index in [-0.39, 0.29) is 17.6 Å².